The first-order valence-electron chi connectivity index (χ1n) is 44.6. The van der Waals surface area contributed by atoms with Crippen LogP contribution in [0.2, 0.25) is 5.02 Å². The molecule has 24 nitrogen and oxygen atoms in total. The van der Waals surface area contributed by atoms with Crippen molar-refractivity contribution < 1.29 is 22.0 Å². The minimum atomic E-state index is -0.978. The number of nitrogens with one attached hydrogen (secondary N) is 8. The molecular weight excluding hydrogens is 1690 g/mol. The molecule has 0 amide bonds. The van der Waals surface area contributed by atoms with Crippen LogP contribution >= 0.6 is 11.6 Å². The van der Waals surface area contributed by atoms with Crippen molar-refractivity contribution in [2.24, 2.45) is 23.7 Å². The summed E-state index contributed by atoms with van der Waals surface area (Å²) in [5.41, 5.74) is 7.45. The van der Waals surface area contributed by atoms with E-state index in [9.17, 15) is 36.7 Å². The van der Waals surface area contributed by atoms with Crippen LogP contribution in [0.25, 0.3) is 87.7 Å². The molecule has 4 atom stereocenters. The molecule has 4 saturated heterocycles. The van der Waals surface area contributed by atoms with E-state index in [1.54, 1.807) is 41.8 Å². The number of hydrogen-bond donors (Lipinski definition) is 8. The lowest BCUT2D eigenvalue weighted by atomic mass is 10.1. The molecule has 8 heterocycles. The quantitative estimate of drug-likeness (QED) is 0.0207. The summed E-state index contributed by atoms with van der Waals surface area (Å²) in [6.07, 6.45) is 13.6. The van der Waals surface area contributed by atoms with Crippen molar-refractivity contribution in [2.75, 3.05) is 99.8 Å². The molecule has 8 aliphatic rings. The summed E-state index contributed by atoms with van der Waals surface area (Å²) in [6, 6.07) is 49.5. The molecule has 0 bridgehead atoms. The van der Waals surface area contributed by atoms with Crippen LogP contribution in [0, 0.1) is 86.0 Å². The lowest BCUT2D eigenvalue weighted by Gasteiger charge is -2.18. The van der Waals surface area contributed by atoms with E-state index >= 15 is 4.39 Å². The second-order valence-electron chi connectivity index (χ2n) is 34.7. The first-order chi connectivity index (χ1) is 63.8. The van der Waals surface area contributed by atoms with Crippen molar-refractivity contribution >= 4 is 57.6 Å². The molecule has 12 aromatic rings. The lowest BCUT2D eigenvalue weighted by molar-refractivity contribution is 0.580. The Kier molecular flexibility index (Phi) is 27.3. The zero-order chi connectivity index (χ0) is 90.9. The van der Waals surface area contributed by atoms with Gasteiger partial charge in [0.1, 0.15) is 63.2 Å². The molecule has 8 N–H and O–H groups in total. The summed E-state index contributed by atoms with van der Waals surface area (Å²) in [5, 5.41) is 26.0. The Balaban J connectivity index is 0.000000122. The van der Waals surface area contributed by atoms with Crippen molar-refractivity contribution in [3.8, 4) is 68.3 Å². The zero-order valence-electron chi connectivity index (χ0n) is 72.1. The summed E-state index contributed by atoms with van der Waals surface area (Å²) < 4.78 is 78.6. The normalized spacial score (nSPS) is 17.7. The number of benzene rings is 8. The van der Waals surface area contributed by atoms with Crippen LogP contribution in [0.15, 0.2) is 195 Å². The van der Waals surface area contributed by atoms with Crippen molar-refractivity contribution in [1.82, 2.24) is 59.5 Å². The van der Waals surface area contributed by atoms with Gasteiger partial charge in [0.15, 0.2) is 11.6 Å². The average molecular weight is 1780 g/mol. The van der Waals surface area contributed by atoms with Crippen LogP contribution < -0.4 is 64.8 Å². The number of halogens is 6. The Hall–Kier alpha value is -13.8. The van der Waals surface area contributed by atoms with Crippen LogP contribution in [0.1, 0.15) is 129 Å². The third kappa shape index (κ3) is 20.8. The van der Waals surface area contributed by atoms with E-state index in [1.807, 2.05) is 72.8 Å². The van der Waals surface area contributed by atoms with Gasteiger partial charge in [0.2, 0.25) is 28.6 Å². The van der Waals surface area contributed by atoms with Crippen LogP contribution in [0.4, 0.5) is 68.0 Å². The maximum Gasteiger partial charge on any atom is 0.296 e. The Morgan fingerprint density at radius 3 is 0.962 bits per heavy atom. The van der Waals surface area contributed by atoms with E-state index in [1.165, 1.54) is 129 Å². The predicted octanol–water partition coefficient (Wildman–Crippen LogP) is 19.1. The van der Waals surface area contributed by atoms with E-state index in [4.69, 9.17) is 47.9 Å². The summed E-state index contributed by atoms with van der Waals surface area (Å²) >= 11 is 6.48. The monoisotopic (exact) mass is 1780 g/mol. The first kappa shape index (κ1) is 89.2. The molecule has 4 aromatic heterocycles. The van der Waals surface area contributed by atoms with Crippen LogP contribution in [-0.4, -0.2) is 117 Å². The Morgan fingerprint density at radius 2 is 0.641 bits per heavy atom. The van der Waals surface area contributed by atoms with Gasteiger partial charge in [0, 0.05) is 54.5 Å². The molecular formula is C101H96ClF5N20O4. The number of hydrogen-bond acceptors (Lipinski definition) is 16. The fourth-order valence-corrected chi connectivity index (χ4v) is 17.2. The highest BCUT2D eigenvalue weighted by Gasteiger charge is 2.31. The van der Waals surface area contributed by atoms with Gasteiger partial charge in [0.25, 0.3) is 22.2 Å². The third-order valence-corrected chi connectivity index (χ3v) is 25.6. The Labute approximate surface area is 759 Å². The molecule has 4 aliphatic carbocycles. The van der Waals surface area contributed by atoms with Gasteiger partial charge in [0.05, 0.1) is 54.6 Å². The largest absolute Gasteiger partial charge is 0.370 e. The summed E-state index contributed by atoms with van der Waals surface area (Å²) in [7, 11) is 0. The maximum absolute atomic E-state index is 15.1. The van der Waals surface area contributed by atoms with Gasteiger partial charge in [-0.25, -0.2) is 56.9 Å². The summed E-state index contributed by atoms with van der Waals surface area (Å²) in [6.45, 7) is 40.2. The highest BCUT2D eigenvalue weighted by Crippen LogP contribution is 2.44. The standard InChI is InChI=1S/C26H26FN5O.C25H23ClFN5O.C25H23F2N5O.C25H24FN5O/c1-16-24(30-15-17-11-12-29-14-17)31-25(20-7-10-23(28-2)22(27)13-20)32(26(16)33)21-8-5-19(6-9-21)18-3-4-18;1-28-21-9-6-18(12-20(21)27)24-31-23(30-14-15-10-11-29-13-15)22(26)25(33)32(24)19-7-4-17(5-8-19)16-2-3-16;1-28-21-9-6-18(12-20(21)26)24-31-23(30-14-15-10-11-29-13-15)22(27)25(33)32(24)19-7-4-17(5-8-19)16-2-3-16;1-27-22-9-6-19(12-21(22)26)25-30-23(29-15-16-10-11-28-14-16)13-24(32)31(25)20-7-4-18(5-8-20)17-2-3-17/h5-10,13,17-18,29-30H,3-4,11-12,14-15H2,1H3;2*4-9,12,15-16,29-30H,2-3,10-11,13-14H2;4-9,12-13,16-17,28-29H,2-3,10-11,14-15H2/t17-;2*15-;16-/m0000/s1. The van der Waals surface area contributed by atoms with E-state index < -0.39 is 40.2 Å². The predicted molar refractivity (Wildman–Crippen MR) is 501 cm³/mol. The van der Waals surface area contributed by atoms with Gasteiger partial charge in [-0.15, -0.1) is 0 Å². The smallest absolute Gasteiger partial charge is 0.296 e. The summed E-state index contributed by atoms with van der Waals surface area (Å²) in [5.74, 6) is 2.63. The van der Waals surface area contributed by atoms with Crippen LogP contribution in [-0.2, 0) is 0 Å². The SMILES string of the molecule is [C-]#[N+]c1ccc(-c2nc(NC[C@H]3CCNC3)c(C)c(=O)n2-c2ccc(C3CC3)cc2)cc1F.[C-]#[N+]c1ccc(-c2nc(NC[C@H]3CCNC3)c(Cl)c(=O)n2-c2ccc(C3CC3)cc2)cc1F.[C-]#[N+]c1ccc(-c2nc(NC[C@H]3CCNC3)c(F)c(=O)n2-c2ccc(C3CC3)cc2)cc1F.[C-]#[N+]c1ccc(-c2nc(NC[C@H]3CCNC3)cc(=O)n2-c2ccc(C3CC3)cc2)cc1F. The fraction of sp³-hybridized carbons (Fsp3) is 0.327. The van der Waals surface area contributed by atoms with E-state index in [0.717, 1.165) is 96.9 Å². The van der Waals surface area contributed by atoms with Crippen molar-refractivity contribution in [2.45, 2.75) is 108 Å². The summed E-state index contributed by atoms with van der Waals surface area (Å²) in [4.78, 5) is 84.6. The topological polar surface area (TPSA) is 253 Å². The molecule has 0 spiro atoms. The number of aromatic nitrogens is 8. The number of rotatable bonds is 24. The molecule has 666 valence electrons. The first-order valence-corrected chi connectivity index (χ1v) is 45.0. The molecule has 8 fully saturated rings. The van der Waals surface area contributed by atoms with E-state index in [-0.39, 0.29) is 67.7 Å². The number of nitrogens with zero attached hydrogens (tertiary/aromatic N) is 12. The van der Waals surface area contributed by atoms with Crippen molar-refractivity contribution in [3.05, 3.63) is 325 Å². The zero-order valence-corrected chi connectivity index (χ0v) is 72.9. The lowest BCUT2D eigenvalue weighted by Crippen LogP contribution is -2.28. The molecule has 4 saturated carbocycles. The van der Waals surface area contributed by atoms with Gasteiger partial charge < -0.3 is 42.5 Å². The van der Waals surface area contributed by atoms with Gasteiger partial charge in [-0.3, -0.25) is 37.4 Å². The molecule has 131 heavy (non-hydrogen) atoms. The van der Waals surface area contributed by atoms with Crippen LogP contribution in [0.5, 0.6) is 0 Å². The fourth-order valence-electron chi connectivity index (χ4n) is 17.1. The molecule has 8 aromatic carbocycles. The number of anilines is 4. The molecule has 0 unspecified atom stereocenters. The van der Waals surface area contributed by atoms with Gasteiger partial charge in [-0.05, 0) is 279 Å². The minimum Gasteiger partial charge on any atom is -0.370 e. The van der Waals surface area contributed by atoms with Gasteiger partial charge in [-0.1, -0.05) is 109 Å². The Bertz CT molecular complexity index is 6220. The molecule has 30 heteroatoms. The molecule has 20 rings (SSSR count). The Morgan fingerprint density at radius 1 is 0.351 bits per heavy atom. The van der Waals surface area contributed by atoms with E-state index in [0.29, 0.717) is 142 Å². The minimum absolute atomic E-state index is 0.00535. The highest BCUT2D eigenvalue weighted by atomic mass is 35.5. The van der Waals surface area contributed by atoms with Gasteiger partial charge >= 0.3 is 0 Å². The maximum atomic E-state index is 15.1. The second-order valence-corrected chi connectivity index (χ2v) is 35.1. The molecule has 0 radical (unpaired) electrons. The van der Waals surface area contributed by atoms with Crippen molar-refractivity contribution in [3.63, 3.8) is 0 Å². The highest BCUT2D eigenvalue weighted by molar-refractivity contribution is 6.32. The van der Waals surface area contributed by atoms with E-state index in [2.05, 4.69) is 84.0 Å². The second kappa shape index (κ2) is 40.1. The third-order valence-electron chi connectivity index (χ3n) is 25.3. The average Bonchev–Trinajstić information content (AvgIpc) is 1.74. The van der Waals surface area contributed by atoms with Crippen molar-refractivity contribution in [1.29, 1.82) is 0 Å². The molecule has 4 aliphatic heterocycles. The van der Waals surface area contributed by atoms with Gasteiger partial charge in [-0.2, -0.15) is 4.39 Å². The van der Waals surface area contributed by atoms with Crippen LogP contribution in [0.3, 0.4) is 0 Å².